The number of aromatic nitrogens is 4. The Bertz CT molecular complexity index is 1000. The minimum absolute atomic E-state index is 0.0629. The molecule has 1 atom stereocenters. The highest BCUT2D eigenvalue weighted by Gasteiger charge is 2.18. The Morgan fingerprint density at radius 1 is 1.00 bits per heavy atom. The number of piperazine rings is 1. The highest BCUT2D eigenvalue weighted by molar-refractivity contribution is 5.52. The molecule has 0 aliphatic carbocycles. The van der Waals surface area contributed by atoms with Crippen molar-refractivity contribution in [1.82, 2.24) is 19.3 Å². The Labute approximate surface area is 169 Å². The SMILES string of the molecule is CCC(C)n1ncn(-c2ccc(N3CCN(c4ccc(O)cc4)CC3)cn2)c1=O. The largest absolute Gasteiger partial charge is 0.508 e. The number of rotatable bonds is 5. The molecule has 1 unspecified atom stereocenters. The maximum Gasteiger partial charge on any atom is 0.351 e. The van der Waals surface area contributed by atoms with E-state index in [0.29, 0.717) is 5.82 Å². The summed E-state index contributed by atoms with van der Waals surface area (Å²) in [5.41, 5.74) is 2.00. The van der Waals surface area contributed by atoms with Gasteiger partial charge in [-0.1, -0.05) is 6.92 Å². The second kappa shape index (κ2) is 7.98. The molecule has 0 bridgehead atoms. The molecule has 0 spiro atoms. The maximum absolute atomic E-state index is 12.5. The lowest BCUT2D eigenvalue weighted by Gasteiger charge is -2.37. The Morgan fingerprint density at radius 2 is 1.62 bits per heavy atom. The van der Waals surface area contributed by atoms with Gasteiger partial charge in [0.25, 0.3) is 0 Å². The van der Waals surface area contributed by atoms with E-state index in [9.17, 15) is 9.90 Å². The number of benzene rings is 1. The molecule has 1 N–H and O–H groups in total. The van der Waals surface area contributed by atoms with Gasteiger partial charge in [-0.15, -0.1) is 0 Å². The predicted molar refractivity (Wildman–Crippen MR) is 113 cm³/mol. The van der Waals surface area contributed by atoms with E-state index >= 15 is 0 Å². The highest BCUT2D eigenvalue weighted by Crippen LogP contribution is 2.22. The zero-order chi connectivity index (χ0) is 20.4. The zero-order valence-corrected chi connectivity index (χ0v) is 16.8. The summed E-state index contributed by atoms with van der Waals surface area (Å²) < 4.78 is 2.98. The first-order chi connectivity index (χ1) is 14.1. The van der Waals surface area contributed by atoms with Gasteiger partial charge in [0, 0.05) is 31.9 Å². The molecule has 1 fully saturated rings. The van der Waals surface area contributed by atoms with Crippen molar-refractivity contribution in [2.24, 2.45) is 0 Å². The molecule has 0 saturated carbocycles. The zero-order valence-electron chi connectivity index (χ0n) is 16.8. The summed E-state index contributed by atoms with van der Waals surface area (Å²) in [6, 6.07) is 11.3. The molecule has 3 aromatic rings. The summed E-state index contributed by atoms with van der Waals surface area (Å²) in [5, 5.41) is 13.7. The summed E-state index contributed by atoms with van der Waals surface area (Å²) in [4.78, 5) is 21.6. The molecule has 29 heavy (non-hydrogen) atoms. The molecule has 2 aromatic heterocycles. The van der Waals surface area contributed by atoms with Gasteiger partial charge in [-0.2, -0.15) is 5.10 Å². The van der Waals surface area contributed by atoms with Crippen LogP contribution in [0, 0.1) is 0 Å². The van der Waals surface area contributed by atoms with Gasteiger partial charge in [0.2, 0.25) is 0 Å². The third-order valence-electron chi connectivity index (χ3n) is 5.54. The summed E-state index contributed by atoms with van der Waals surface area (Å²) >= 11 is 0. The molecule has 1 saturated heterocycles. The fourth-order valence-corrected chi connectivity index (χ4v) is 3.54. The predicted octanol–water partition coefficient (Wildman–Crippen LogP) is 2.43. The van der Waals surface area contributed by atoms with Gasteiger partial charge < -0.3 is 14.9 Å². The number of hydrogen-bond donors (Lipinski definition) is 1. The molecule has 1 aromatic carbocycles. The van der Waals surface area contributed by atoms with Crippen molar-refractivity contribution in [2.45, 2.75) is 26.3 Å². The van der Waals surface area contributed by atoms with Crippen LogP contribution in [0.3, 0.4) is 0 Å². The van der Waals surface area contributed by atoms with Gasteiger partial charge in [-0.3, -0.25) is 0 Å². The summed E-state index contributed by atoms with van der Waals surface area (Å²) in [6.07, 6.45) is 4.20. The van der Waals surface area contributed by atoms with E-state index < -0.39 is 0 Å². The summed E-state index contributed by atoms with van der Waals surface area (Å²) in [5.74, 6) is 0.864. The van der Waals surface area contributed by atoms with Gasteiger partial charge in [0.1, 0.15) is 17.9 Å². The molecule has 0 amide bonds. The molecule has 152 valence electrons. The van der Waals surface area contributed by atoms with Crippen LogP contribution in [0.5, 0.6) is 5.75 Å². The smallest absolute Gasteiger partial charge is 0.351 e. The topological polar surface area (TPSA) is 79.4 Å². The van der Waals surface area contributed by atoms with Crippen LogP contribution in [0.2, 0.25) is 0 Å². The highest BCUT2D eigenvalue weighted by atomic mass is 16.3. The van der Waals surface area contributed by atoms with Gasteiger partial charge in [-0.25, -0.2) is 19.0 Å². The number of phenols is 1. The Balaban J connectivity index is 1.43. The average Bonchev–Trinajstić information content (AvgIpc) is 3.15. The second-order valence-corrected chi connectivity index (χ2v) is 7.35. The quantitative estimate of drug-likeness (QED) is 0.716. The van der Waals surface area contributed by atoms with E-state index in [4.69, 9.17) is 0 Å². The van der Waals surface area contributed by atoms with Crippen molar-refractivity contribution < 1.29 is 5.11 Å². The van der Waals surface area contributed by atoms with Crippen molar-refractivity contribution in [3.05, 3.63) is 59.4 Å². The van der Waals surface area contributed by atoms with E-state index in [-0.39, 0.29) is 17.5 Å². The van der Waals surface area contributed by atoms with Crippen LogP contribution in [-0.4, -0.2) is 50.6 Å². The van der Waals surface area contributed by atoms with Gasteiger partial charge >= 0.3 is 5.69 Å². The van der Waals surface area contributed by atoms with Crippen LogP contribution in [0.1, 0.15) is 26.3 Å². The van der Waals surface area contributed by atoms with E-state index in [0.717, 1.165) is 44.0 Å². The lowest BCUT2D eigenvalue weighted by Crippen LogP contribution is -2.46. The van der Waals surface area contributed by atoms with Crippen LogP contribution < -0.4 is 15.5 Å². The van der Waals surface area contributed by atoms with Gasteiger partial charge in [0.15, 0.2) is 0 Å². The van der Waals surface area contributed by atoms with Crippen molar-refractivity contribution in [2.75, 3.05) is 36.0 Å². The number of phenolic OH excluding ortho intramolecular Hbond substituents is 1. The van der Waals surface area contributed by atoms with Crippen LogP contribution in [0.15, 0.2) is 53.7 Å². The standard InChI is InChI=1S/C21H26N6O2/c1-3-16(2)27-21(29)26(15-23-27)20-9-6-18(14-22-20)25-12-10-24(11-13-25)17-4-7-19(28)8-5-17/h4-9,14-16,28H,3,10-13H2,1-2H3. The number of nitrogens with zero attached hydrogens (tertiary/aromatic N) is 6. The van der Waals surface area contributed by atoms with Gasteiger partial charge in [-0.05, 0) is 49.7 Å². The fraction of sp³-hybridized carbons (Fsp3) is 0.381. The van der Waals surface area contributed by atoms with E-state index in [1.165, 1.54) is 15.6 Å². The van der Waals surface area contributed by atoms with Gasteiger partial charge in [0.05, 0.1) is 17.9 Å². The third kappa shape index (κ3) is 3.83. The number of aromatic hydroxyl groups is 1. The minimum atomic E-state index is -0.165. The average molecular weight is 394 g/mol. The molecule has 8 nitrogen and oxygen atoms in total. The fourth-order valence-electron chi connectivity index (χ4n) is 3.54. The van der Waals surface area contributed by atoms with Crippen molar-refractivity contribution in [3.63, 3.8) is 0 Å². The van der Waals surface area contributed by atoms with Crippen LogP contribution in [0.4, 0.5) is 11.4 Å². The lowest BCUT2D eigenvalue weighted by molar-refractivity contribution is 0.460. The van der Waals surface area contributed by atoms with Crippen LogP contribution in [-0.2, 0) is 0 Å². The van der Waals surface area contributed by atoms with E-state index in [2.05, 4.69) is 19.9 Å². The minimum Gasteiger partial charge on any atom is -0.508 e. The maximum atomic E-state index is 12.5. The van der Waals surface area contributed by atoms with Crippen molar-refractivity contribution in [1.29, 1.82) is 0 Å². The molecule has 0 radical (unpaired) electrons. The summed E-state index contributed by atoms with van der Waals surface area (Å²) in [7, 11) is 0. The van der Waals surface area contributed by atoms with Crippen molar-refractivity contribution >= 4 is 11.4 Å². The molecule has 1 aliphatic heterocycles. The third-order valence-corrected chi connectivity index (χ3v) is 5.54. The normalized spacial score (nSPS) is 15.5. The van der Waals surface area contributed by atoms with Crippen molar-refractivity contribution in [3.8, 4) is 11.6 Å². The molecular formula is C21H26N6O2. The van der Waals surface area contributed by atoms with E-state index in [1.807, 2.05) is 44.3 Å². The lowest BCUT2D eigenvalue weighted by atomic mass is 10.2. The molecule has 4 rings (SSSR count). The van der Waals surface area contributed by atoms with Crippen LogP contribution >= 0.6 is 0 Å². The van der Waals surface area contributed by atoms with E-state index in [1.54, 1.807) is 12.1 Å². The Hall–Kier alpha value is -3.29. The first-order valence-corrected chi connectivity index (χ1v) is 9.98. The molecule has 3 heterocycles. The molecular weight excluding hydrogens is 368 g/mol. The Kier molecular flexibility index (Phi) is 5.24. The number of pyridine rings is 1. The monoisotopic (exact) mass is 394 g/mol. The number of hydrogen-bond acceptors (Lipinski definition) is 6. The van der Waals surface area contributed by atoms with Crippen LogP contribution in [0.25, 0.3) is 5.82 Å². The molecule has 8 heteroatoms. The summed E-state index contributed by atoms with van der Waals surface area (Å²) in [6.45, 7) is 7.57. The Morgan fingerprint density at radius 3 is 2.21 bits per heavy atom. The second-order valence-electron chi connectivity index (χ2n) is 7.35. The molecule has 1 aliphatic rings. The number of anilines is 2. The first kappa shape index (κ1) is 19.0. The first-order valence-electron chi connectivity index (χ1n) is 9.98.